The standard InChI is InChI=1S/C23H26N4O2S/c1-16-14-19(17(2)26(16)11-9-18-6-5-13-30-18)22(29)15-27-21-8-4-3-7-20(21)25-23(27)24-10-12-28/h3-8,13-14,28H,9-12,15H2,1-2H3,(H,24,25). The maximum atomic E-state index is 13.3. The fourth-order valence-electron chi connectivity index (χ4n) is 3.87. The van der Waals surface area contributed by atoms with Crippen molar-refractivity contribution in [1.29, 1.82) is 0 Å². The summed E-state index contributed by atoms with van der Waals surface area (Å²) in [4.78, 5) is 19.2. The van der Waals surface area contributed by atoms with Crippen LogP contribution in [0, 0.1) is 13.8 Å². The number of Topliss-reactive ketones (excluding diaryl/α,β-unsaturated/α-hetero) is 1. The van der Waals surface area contributed by atoms with E-state index in [4.69, 9.17) is 0 Å². The van der Waals surface area contributed by atoms with Gasteiger partial charge in [0, 0.05) is 34.9 Å². The van der Waals surface area contributed by atoms with E-state index in [1.165, 1.54) is 4.88 Å². The number of imidazole rings is 1. The predicted octanol–water partition coefficient (Wildman–Crippen LogP) is 4.05. The van der Waals surface area contributed by atoms with Crippen LogP contribution in [-0.2, 0) is 19.5 Å². The molecule has 0 atom stereocenters. The first-order valence-corrected chi connectivity index (χ1v) is 11.0. The highest BCUT2D eigenvalue weighted by atomic mass is 32.1. The highest BCUT2D eigenvalue weighted by Gasteiger charge is 2.19. The Bertz CT molecular complexity index is 1160. The highest BCUT2D eigenvalue weighted by molar-refractivity contribution is 7.09. The van der Waals surface area contributed by atoms with Crippen molar-refractivity contribution in [2.75, 3.05) is 18.5 Å². The van der Waals surface area contributed by atoms with Gasteiger partial charge in [-0.2, -0.15) is 0 Å². The lowest BCUT2D eigenvalue weighted by Gasteiger charge is -2.11. The Balaban J connectivity index is 1.59. The molecule has 0 aliphatic heterocycles. The van der Waals surface area contributed by atoms with Crippen LogP contribution in [0.15, 0.2) is 47.8 Å². The Kier molecular flexibility index (Phi) is 6.01. The molecule has 30 heavy (non-hydrogen) atoms. The first-order valence-electron chi connectivity index (χ1n) is 10.1. The second-order valence-corrected chi connectivity index (χ2v) is 8.38. The summed E-state index contributed by atoms with van der Waals surface area (Å²) in [6.07, 6.45) is 0.961. The number of nitrogens with zero attached hydrogens (tertiary/aromatic N) is 3. The van der Waals surface area contributed by atoms with E-state index in [1.807, 2.05) is 41.8 Å². The van der Waals surface area contributed by atoms with Crippen molar-refractivity contribution in [2.24, 2.45) is 0 Å². The third-order valence-corrected chi connectivity index (χ3v) is 6.32. The largest absolute Gasteiger partial charge is 0.395 e. The molecular weight excluding hydrogens is 396 g/mol. The van der Waals surface area contributed by atoms with Gasteiger partial charge >= 0.3 is 0 Å². The molecule has 0 amide bonds. The van der Waals surface area contributed by atoms with Crippen molar-refractivity contribution in [3.63, 3.8) is 0 Å². The number of hydrogen-bond acceptors (Lipinski definition) is 5. The number of fused-ring (bicyclic) bond motifs is 1. The van der Waals surface area contributed by atoms with Crippen LogP contribution in [0.2, 0.25) is 0 Å². The van der Waals surface area contributed by atoms with Gasteiger partial charge in [-0.25, -0.2) is 4.98 Å². The number of nitrogens with one attached hydrogen (secondary N) is 1. The van der Waals surface area contributed by atoms with Gasteiger partial charge in [0.1, 0.15) is 0 Å². The van der Waals surface area contributed by atoms with Gasteiger partial charge in [0.05, 0.1) is 24.2 Å². The minimum atomic E-state index is 0.00253. The number of hydrogen-bond donors (Lipinski definition) is 2. The summed E-state index contributed by atoms with van der Waals surface area (Å²) in [7, 11) is 0. The van der Waals surface area contributed by atoms with E-state index in [2.05, 4.69) is 39.3 Å². The van der Waals surface area contributed by atoms with Gasteiger partial charge in [0.2, 0.25) is 5.95 Å². The number of benzene rings is 1. The Morgan fingerprint density at radius 2 is 2.00 bits per heavy atom. The molecule has 0 bridgehead atoms. The van der Waals surface area contributed by atoms with Crippen LogP contribution >= 0.6 is 11.3 Å². The molecule has 7 heteroatoms. The number of carbonyl (C=O) groups excluding carboxylic acids is 1. The molecule has 0 fully saturated rings. The van der Waals surface area contributed by atoms with Crippen LogP contribution in [0.1, 0.15) is 26.6 Å². The van der Waals surface area contributed by atoms with Gasteiger partial charge in [-0.1, -0.05) is 18.2 Å². The molecule has 0 aliphatic carbocycles. The summed E-state index contributed by atoms with van der Waals surface area (Å²) in [6.45, 7) is 5.52. The molecule has 156 valence electrons. The molecule has 3 aromatic heterocycles. The monoisotopic (exact) mass is 422 g/mol. The molecule has 0 saturated heterocycles. The summed E-state index contributed by atoms with van der Waals surface area (Å²) in [5, 5.41) is 14.4. The molecule has 6 nitrogen and oxygen atoms in total. The average Bonchev–Trinajstić information content (AvgIpc) is 3.44. The van der Waals surface area contributed by atoms with E-state index in [0.717, 1.165) is 41.0 Å². The van der Waals surface area contributed by atoms with Gasteiger partial charge in [0.15, 0.2) is 5.78 Å². The molecule has 1 aromatic carbocycles. The summed E-state index contributed by atoms with van der Waals surface area (Å²) in [6, 6.07) is 14.0. The number of thiophene rings is 1. The Morgan fingerprint density at radius 3 is 2.77 bits per heavy atom. The van der Waals surface area contributed by atoms with E-state index < -0.39 is 0 Å². The molecule has 4 rings (SSSR count). The van der Waals surface area contributed by atoms with Crippen molar-refractivity contribution in [3.8, 4) is 0 Å². The lowest BCUT2D eigenvalue weighted by atomic mass is 10.1. The first kappa shape index (κ1) is 20.4. The lowest BCUT2D eigenvalue weighted by molar-refractivity contribution is 0.0973. The smallest absolute Gasteiger partial charge is 0.204 e. The molecule has 3 heterocycles. The van der Waals surface area contributed by atoms with Crippen molar-refractivity contribution in [3.05, 3.63) is 69.7 Å². The minimum absolute atomic E-state index is 0.00253. The number of aliphatic hydroxyl groups excluding tert-OH is 1. The fourth-order valence-corrected chi connectivity index (χ4v) is 4.57. The average molecular weight is 423 g/mol. The number of para-hydroxylation sites is 2. The Hall–Kier alpha value is -2.90. The van der Waals surface area contributed by atoms with Gasteiger partial charge in [0.25, 0.3) is 0 Å². The number of aryl methyl sites for hydroxylation is 2. The topological polar surface area (TPSA) is 72.1 Å². The third kappa shape index (κ3) is 4.04. The number of carbonyl (C=O) groups is 1. The molecule has 2 N–H and O–H groups in total. The van der Waals surface area contributed by atoms with Crippen molar-refractivity contribution < 1.29 is 9.90 Å². The van der Waals surface area contributed by atoms with Gasteiger partial charge < -0.3 is 19.6 Å². The quantitative estimate of drug-likeness (QED) is 0.399. The zero-order valence-corrected chi connectivity index (χ0v) is 18.1. The molecule has 0 saturated carbocycles. The zero-order valence-electron chi connectivity index (χ0n) is 17.3. The summed E-state index contributed by atoms with van der Waals surface area (Å²) < 4.78 is 4.12. The van der Waals surface area contributed by atoms with Crippen LogP contribution < -0.4 is 5.32 Å². The van der Waals surface area contributed by atoms with Gasteiger partial charge in [-0.3, -0.25) is 4.79 Å². The first-order chi connectivity index (χ1) is 14.6. The van der Waals surface area contributed by atoms with Crippen LogP contribution in [0.4, 0.5) is 5.95 Å². The van der Waals surface area contributed by atoms with Crippen molar-refractivity contribution in [2.45, 2.75) is 33.4 Å². The second kappa shape index (κ2) is 8.85. The zero-order chi connectivity index (χ0) is 21.1. The van der Waals surface area contributed by atoms with Crippen LogP contribution in [0.5, 0.6) is 0 Å². The summed E-state index contributed by atoms with van der Waals surface area (Å²) in [5.41, 5.74) is 4.58. The summed E-state index contributed by atoms with van der Waals surface area (Å²) in [5.74, 6) is 0.658. The van der Waals surface area contributed by atoms with E-state index in [0.29, 0.717) is 12.5 Å². The second-order valence-electron chi connectivity index (χ2n) is 7.35. The number of aromatic nitrogens is 3. The minimum Gasteiger partial charge on any atom is -0.395 e. The molecule has 0 aliphatic rings. The highest BCUT2D eigenvalue weighted by Crippen LogP contribution is 2.23. The van der Waals surface area contributed by atoms with E-state index >= 15 is 0 Å². The maximum absolute atomic E-state index is 13.3. The van der Waals surface area contributed by atoms with Gasteiger partial charge in [-0.15, -0.1) is 11.3 Å². The van der Waals surface area contributed by atoms with E-state index in [-0.39, 0.29) is 18.9 Å². The van der Waals surface area contributed by atoms with Crippen LogP contribution in [-0.4, -0.2) is 38.2 Å². The van der Waals surface area contributed by atoms with Crippen molar-refractivity contribution >= 4 is 34.1 Å². The number of anilines is 1. The van der Waals surface area contributed by atoms with Crippen molar-refractivity contribution in [1.82, 2.24) is 14.1 Å². The van der Waals surface area contributed by atoms with E-state index in [9.17, 15) is 9.90 Å². The van der Waals surface area contributed by atoms with Gasteiger partial charge in [-0.05, 0) is 49.9 Å². The fraction of sp³-hybridized carbons (Fsp3) is 0.304. The lowest BCUT2D eigenvalue weighted by Crippen LogP contribution is -2.16. The molecule has 0 unspecified atom stereocenters. The summed E-state index contributed by atoms with van der Waals surface area (Å²) >= 11 is 1.76. The number of rotatable bonds is 9. The normalized spacial score (nSPS) is 11.3. The number of aliphatic hydroxyl groups is 1. The molecule has 0 radical (unpaired) electrons. The third-order valence-electron chi connectivity index (χ3n) is 5.39. The molecule has 4 aromatic rings. The predicted molar refractivity (Wildman–Crippen MR) is 122 cm³/mol. The molecule has 0 spiro atoms. The number of ketones is 1. The van der Waals surface area contributed by atoms with Crippen LogP contribution in [0.3, 0.4) is 0 Å². The van der Waals surface area contributed by atoms with Crippen LogP contribution in [0.25, 0.3) is 11.0 Å². The Labute approximate surface area is 179 Å². The Morgan fingerprint density at radius 1 is 1.17 bits per heavy atom. The maximum Gasteiger partial charge on any atom is 0.204 e. The van der Waals surface area contributed by atoms with E-state index in [1.54, 1.807) is 11.3 Å². The SMILES string of the molecule is Cc1cc(C(=O)Cn2c(NCCO)nc3ccccc32)c(C)n1CCc1cccs1. The molecular formula is C23H26N4O2S.